The summed E-state index contributed by atoms with van der Waals surface area (Å²) in [7, 11) is 0. The number of pyridine rings is 1. The molecule has 0 unspecified atom stereocenters. The molecule has 0 bridgehead atoms. The van der Waals surface area contributed by atoms with E-state index in [0.717, 1.165) is 11.4 Å². The summed E-state index contributed by atoms with van der Waals surface area (Å²) < 4.78 is 0. The van der Waals surface area contributed by atoms with Crippen LogP contribution in [0.3, 0.4) is 0 Å². The second kappa shape index (κ2) is 3.08. The molecule has 1 N–H and O–H groups in total. The summed E-state index contributed by atoms with van der Waals surface area (Å²) in [6.07, 6.45) is 1.84. The van der Waals surface area contributed by atoms with Gasteiger partial charge in [0.15, 0.2) is 0 Å². The number of hydrogen-bond acceptors (Lipinski definition) is 2. The van der Waals surface area contributed by atoms with Gasteiger partial charge in [0.05, 0.1) is 11.4 Å². The summed E-state index contributed by atoms with van der Waals surface area (Å²) in [6.45, 7) is 0. The topological polar surface area (TPSA) is 24.9 Å². The van der Waals surface area contributed by atoms with Gasteiger partial charge in [0.2, 0.25) is 0 Å². The third-order valence-electron chi connectivity index (χ3n) is 3.24. The number of benzene rings is 2. The van der Waals surface area contributed by atoms with Crippen molar-refractivity contribution in [3.8, 4) is 11.3 Å². The van der Waals surface area contributed by atoms with E-state index in [0.29, 0.717) is 0 Å². The van der Waals surface area contributed by atoms with Crippen molar-refractivity contribution in [1.82, 2.24) is 4.98 Å². The van der Waals surface area contributed by atoms with Gasteiger partial charge in [0.25, 0.3) is 0 Å². The van der Waals surface area contributed by atoms with E-state index < -0.39 is 0 Å². The SMILES string of the molecule is c1cnc2c(c1)Nc1cccc3cccc-2c13. The predicted molar refractivity (Wildman–Crippen MR) is 70.5 cm³/mol. The second-order valence-electron chi connectivity index (χ2n) is 4.23. The molecule has 0 radical (unpaired) electrons. The highest BCUT2D eigenvalue weighted by Crippen LogP contribution is 2.41. The molecule has 1 aliphatic rings. The number of nitrogens with zero attached hydrogens (tertiary/aromatic N) is 1. The van der Waals surface area contributed by atoms with Crippen molar-refractivity contribution in [2.24, 2.45) is 0 Å². The highest BCUT2D eigenvalue weighted by Gasteiger charge is 2.17. The maximum atomic E-state index is 4.48. The zero-order valence-corrected chi connectivity index (χ0v) is 9.14. The van der Waals surface area contributed by atoms with Gasteiger partial charge in [-0.1, -0.05) is 30.3 Å². The van der Waals surface area contributed by atoms with E-state index in [2.05, 4.69) is 52.8 Å². The van der Waals surface area contributed by atoms with E-state index in [1.165, 1.54) is 22.0 Å². The summed E-state index contributed by atoms with van der Waals surface area (Å²) in [5.74, 6) is 0. The van der Waals surface area contributed by atoms with E-state index in [9.17, 15) is 0 Å². The smallest absolute Gasteiger partial charge is 0.0943 e. The molecule has 0 saturated heterocycles. The van der Waals surface area contributed by atoms with Crippen molar-refractivity contribution in [3.63, 3.8) is 0 Å². The lowest BCUT2D eigenvalue weighted by Gasteiger charge is -2.20. The van der Waals surface area contributed by atoms with E-state index in [-0.39, 0.29) is 0 Å². The average Bonchev–Trinajstić information content (AvgIpc) is 2.39. The maximum absolute atomic E-state index is 4.48. The van der Waals surface area contributed by atoms with Crippen molar-refractivity contribution in [2.45, 2.75) is 0 Å². The van der Waals surface area contributed by atoms with Crippen LogP contribution in [0.5, 0.6) is 0 Å². The lowest BCUT2D eigenvalue weighted by Crippen LogP contribution is -2.02. The fourth-order valence-corrected chi connectivity index (χ4v) is 2.51. The van der Waals surface area contributed by atoms with Crippen LogP contribution in [0.1, 0.15) is 0 Å². The molecule has 0 spiro atoms. The van der Waals surface area contributed by atoms with Crippen molar-refractivity contribution in [2.75, 3.05) is 5.32 Å². The first kappa shape index (κ1) is 8.76. The molecule has 2 heteroatoms. The minimum atomic E-state index is 1.04. The molecule has 3 aromatic rings. The van der Waals surface area contributed by atoms with Crippen LogP contribution in [0, 0.1) is 0 Å². The Morgan fingerprint density at radius 2 is 1.65 bits per heavy atom. The molecule has 17 heavy (non-hydrogen) atoms. The summed E-state index contributed by atoms with van der Waals surface area (Å²) in [5, 5.41) is 5.96. The van der Waals surface area contributed by atoms with E-state index in [1.807, 2.05) is 12.3 Å². The highest BCUT2D eigenvalue weighted by molar-refractivity contribution is 6.10. The van der Waals surface area contributed by atoms with Gasteiger partial charge >= 0.3 is 0 Å². The van der Waals surface area contributed by atoms with E-state index in [4.69, 9.17) is 0 Å². The lowest BCUT2D eigenvalue weighted by molar-refractivity contribution is 1.32. The lowest BCUT2D eigenvalue weighted by atomic mass is 9.96. The van der Waals surface area contributed by atoms with Gasteiger partial charge in [-0.2, -0.15) is 0 Å². The molecule has 80 valence electrons. The van der Waals surface area contributed by atoms with Gasteiger partial charge in [0, 0.05) is 22.8 Å². The summed E-state index contributed by atoms with van der Waals surface area (Å²) in [5.41, 5.74) is 4.50. The first-order valence-corrected chi connectivity index (χ1v) is 5.68. The first-order chi connectivity index (χ1) is 8.43. The fourth-order valence-electron chi connectivity index (χ4n) is 2.51. The molecule has 2 heterocycles. The van der Waals surface area contributed by atoms with Crippen LogP contribution >= 0.6 is 0 Å². The monoisotopic (exact) mass is 218 g/mol. The fraction of sp³-hybridized carbons (Fsp3) is 0. The number of nitrogens with one attached hydrogen (secondary N) is 1. The minimum absolute atomic E-state index is 1.04. The van der Waals surface area contributed by atoms with Crippen LogP contribution in [0.15, 0.2) is 54.7 Å². The molecular formula is C15H10N2. The Hall–Kier alpha value is -2.35. The highest BCUT2D eigenvalue weighted by atomic mass is 14.9. The zero-order chi connectivity index (χ0) is 11.2. The maximum Gasteiger partial charge on any atom is 0.0943 e. The number of aromatic nitrogens is 1. The van der Waals surface area contributed by atoms with Crippen molar-refractivity contribution in [1.29, 1.82) is 0 Å². The third-order valence-corrected chi connectivity index (χ3v) is 3.24. The van der Waals surface area contributed by atoms with Crippen molar-refractivity contribution >= 4 is 22.1 Å². The summed E-state index contributed by atoms with van der Waals surface area (Å²) in [6, 6.07) is 16.7. The van der Waals surface area contributed by atoms with Gasteiger partial charge < -0.3 is 5.32 Å². The normalized spacial score (nSPS) is 12.0. The standard InChI is InChI=1S/C15H10N2/c1-4-10-5-2-7-12-14(10)11(6-1)15-13(17-12)8-3-9-16-15/h1-9,17H. The molecule has 0 saturated carbocycles. The average molecular weight is 218 g/mol. The van der Waals surface area contributed by atoms with Crippen LogP contribution in [0.25, 0.3) is 22.0 Å². The van der Waals surface area contributed by atoms with Gasteiger partial charge in [-0.25, -0.2) is 0 Å². The molecule has 0 amide bonds. The number of fused-ring (bicyclic) bond motifs is 2. The summed E-state index contributed by atoms with van der Waals surface area (Å²) >= 11 is 0. The Morgan fingerprint density at radius 3 is 2.59 bits per heavy atom. The second-order valence-corrected chi connectivity index (χ2v) is 4.23. The number of rotatable bonds is 0. The molecule has 4 rings (SSSR count). The van der Waals surface area contributed by atoms with E-state index >= 15 is 0 Å². The Balaban J connectivity index is 2.22. The molecule has 0 atom stereocenters. The molecule has 2 nitrogen and oxygen atoms in total. The van der Waals surface area contributed by atoms with Crippen LogP contribution < -0.4 is 5.32 Å². The van der Waals surface area contributed by atoms with Gasteiger partial charge in [0.1, 0.15) is 0 Å². The van der Waals surface area contributed by atoms with Crippen molar-refractivity contribution in [3.05, 3.63) is 54.7 Å². The number of hydrogen-bond donors (Lipinski definition) is 1. The van der Waals surface area contributed by atoms with Crippen LogP contribution in [0.4, 0.5) is 11.4 Å². The Bertz CT molecular complexity index is 727. The van der Waals surface area contributed by atoms with Crippen molar-refractivity contribution < 1.29 is 0 Å². The molecule has 0 aliphatic carbocycles. The minimum Gasteiger partial charge on any atom is -0.353 e. The Labute approximate surface area is 98.9 Å². The first-order valence-electron chi connectivity index (χ1n) is 5.68. The molecule has 0 fully saturated rings. The van der Waals surface area contributed by atoms with E-state index in [1.54, 1.807) is 0 Å². The third kappa shape index (κ3) is 1.12. The number of anilines is 2. The molecule has 1 aliphatic heterocycles. The zero-order valence-electron chi connectivity index (χ0n) is 9.14. The quantitative estimate of drug-likeness (QED) is 0.483. The summed E-state index contributed by atoms with van der Waals surface area (Å²) in [4.78, 5) is 4.48. The van der Waals surface area contributed by atoms with Crippen LogP contribution in [-0.4, -0.2) is 4.98 Å². The Morgan fingerprint density at radius 1 is 0.824 bits per heavy atom. The molecule has 1 aromatic heterocycles. The molecule has 2 aromatic carbocycles. The largest absolute Gasteiger partial charge is 0.353 e. The van der Waals surface area contributed by atoms with Crippen LogP contribution in [-0.2, 0) is 0 Å². The van der Waals surface area contributed by atoms with Crippen LogP contribution in [0.2, 0.25) is 0 Å². The molecular weight excluding hydrogens is 208 g/mol. The predicted octanol–water partition coefficient (Wildman–Crippen LogP) is 3.96. The van der Waals surface area contributed by atoms with Gasteiger partial charge in [-0.15, -0.1) is 0 Å². The van der Waals surface area contributed by atoms with Gasteiger partial charge in [-0.3, -0.25) is 4.98 Å². The van der Waals surface area contributed by atoms with Gasteiger partial charge in [-0.05, 0) is 23.6 Å². The Kier molecular flexibility index (Phi) is 1.59.